The lowest BCUT2D eigenvalue weighted by Crippen LogP contribution is -2.29. The molecule has 0 fully saturated rings. The molecule has 0 spiro atoms. The van der Waals surface area contributed by atoms with Gasteiger partial charge in [0.2, 0.25) is 0 Å². The van der Waals surface area contributed by atoms with Gasteiger partial charge in [-0.05, 0) is 24.8 Å². The van der Waals surface area contributed by atoms with E-state index in [2.05, 4.69) is 12.1 Å². The number of benzene rings is 1. The first kappa shape index (κ1) is 13.2. The maximum atomic E-state index is 9.92. The first-order valence-corrected chi connectivity index (χ1v) is 6.05. The fraction of sp³-hybridized carbons (Fsp3) is 0.571. The van der Waals surface area contributed by atoms with Gasteiger partial charge in [-0.3, -0.25) is 0 Å². The van der Waals surface area contributed by atoms with Crippen molar-refractivity contribution in [2.75, 3.05) is 0 Å². The minimum atomic E-state index is -0.421. The maximum absolute atomic E-state index is 9.92. The van der Waals surface area contributed by atoms with Crippen molar-refractivity contribution in [1.82, 2.24) is 0 Å². The topological polar surface area (TPSA) is 40.5 Å². The van der Waals surface area contributed by atoms with E-state index in [1.807, 2.05) is 32.0 Å². The summed E-state index contributed by atoms with van der Waals surface area (Å²) in [7, 11) is 0. The zero-order chi connectivity index (χ0) is 12.0. The molecule has 3 unspecified atom stereocenters. The fourth-order valence-corrected chi connectivity index (χ4v) is 1.85. The summed E-state index contributed by atoms with van der Waals surface area (Å²) >= 11 is 0. The van der Waals surface area contributed by atoms with Crippen LogP contribution in [0.2, 0.25) is 0 Å². The maximum Gasteiger partial charge on any atom is 0.0593 e. The zero-order valence-electron chi connectivity index (χ0n) is 10.1. The molecular weight excluding hydrogens is 200 g/mol. The van der Waals surface area contributed by atoms with E-state index in [1.165, 1.54) is 5.56 Å². The van der Waals surface area contributed by atoms with Crippen molar-refractivity contribution >= 4 is 0 Å². The summed E-state index contributed by atoms with van der Waals surface area (Å²) in [5.74, 6) is -0.0475. The van der Waals surface area contributed by atoms with Crippen LogP contribution in [0.25, 0.3) is 0 Å². The van der Waals surface area contributed by atoms with Gasteiger partial charge in [-0.1, -0.05) is 44.2 Å². The molecule has 0 aliphatic rings. The number of rotatable bonds is 6. The van der Waals surface area contributed by atoms with Crippen LogP contribution in [-0.2, 0) is 6.42 Å². The molecule has 0 aliphatic carbocycles. The minimum Gasteiger partial charge on any atom is -0.393 e. The molecule has 1 aromatic carbocycles. The Morgan fingerprint density at radius 2 is 1.69 bits per heavy atom. The summed E-state index contributed by atoms with van der Waals surface area (Å²) < 4.78 is 0. The zero-order valence-corrected chi connectivity index (χ0v) is 10.1. The van der Waals surface area contributed by atoms with Crippen LogP contribution >= 0.6 is 0 Å². The number of aliphatic hydroxyl groups excluding tert-OH is 2. The number of aliphatic hydroxyl groups is 2. The van der Waals surface area contributed by atoms with Crippen molar-refractivity contribution in [1.29, 1.82) is 0 Å². The SMILES string of the molecule is CCC(O)C(C)C(O)CCc1ccccc1. The highest BCUT2D eigenvalue weighted by Gasteiger charge is 2.20. The molecule has 0 radical (unpaired) electrons. The Balaban J connectivity index is 2.38. The Labute approximate surface area is 97.9 Å². The van der Waals surface area contributed by atoms with Gasteiger partial charge in [0.15, 0.2) is 0 Å². The van der Waals surface area contributed by atoms with E-state index >= 15 is 0 Å². The Hall–Kier alpha value is -0.860. The molecule has 2 N–H and O–H groups in total. The summed E-state index contributed by atoms with van der Waals surface area (Å²) in [5.41, 5.74) is 1.24. The van der Waals surface area contributed by atoms with Gasteiger partial charge in [0.1, 0.15) is 0 Å². The van der Waals surface area contributed by atoms with Gasteiger partial charge in [0, 0.05) is 5.92 Å². The van der Waals surface area contributed by atoms with E-state index in [1.54, 1.807) is 0 Å². The molecule has 3 atom stereocenters. The highest BCUT2D eigenvalue weighted by atomic mass is 16.3. The van der Waals surface area contributed by atoms with Gasteiger partial charge in [0.25, 0.3) is 0 Å². The van der Waals surface area contributed by atoms with Gasteiger partial charge in [-0.15, -0.1) is 0 Å². The molecule has 90 valence electrons. The third kappa shape index (κ3) is 3.95. The van der Waals surface area contributed by atoms with Gasteiger partial charge in [-0.25, -0.2) is 0 Å². The minimum absolute atomic E-state index is 0.0475. The Morgan fingerprint density at radius 3 is 2.25 bits per heavy atom. The Kier molecular flexibility index (Phi) is 5.50. The normalized spacial score (nSPS) is 16.8. The van der Waals surface area contributed by atoms with Crippen molar-refractivity contribution in [2.45, 2.75) is 45.3 Å². The van der Waals surface area contributed by atoms with Crippen molar-refractivity contribution in [3.05, 3.63) is 35.9 Å². The summed E-state index contributed by atoms with van der Waals surface area (Å²) in [6.45, 7) is 3.84. The highest BCUT2D eigenvalue weighted by molar-refractivity contribution is 5.14. The van der Waals surface area contributed by atoms with E-state index in [0.29, 0.717) is 12.8 Å². The van der Waals surface area contributed by atoms with Crippen LogP contribution in [0.15, 0.2) is 30.3 Å². The summed E-state index contributed by atoms with van der Waals surface area (Å²) in [5, 5.41) is 19.6. The highest BCUT2D eigenvalue weighted by Crippen LogP contribution is 2.16. The summed E-state index contributed by atoms with van der Waals surface area (Å²) in [6, 6.07) is 10.1. The van der Waals surface area contributed by atoms with E-state index in [-0.39, 0.29) is 5.92 Å². The smallest absolute Gasteiger partial charge is 0.0593 e. The second kappa shape index (κ2) is 6.66. The van der Waals surface area contributed by atoms with E-state index in [9.17, 15) is 10.2 Å². The largest absolute Gasteiger partial charge is 0.393 e. The molecule has 16 heavy (non-hydrogen) atoms. The van der Waals surface area contributed by atoms with Crippen LogP contribution in [0.5, 0.6) is 0 Å². The quantitative estimate of drug-likeness (QED) is 0.776. The lowest BCUT2D eigenvalue weighted by Gasteiger charge is -2.23. The second-order valence-electron chi connectivity index (χ2n) is 4.43. The first-order chi connectivity index (χ1) is 7.65. The van der Waals surface area contributed by atoms with E-state index in [4.69, 9.17) is 0 Å². The summed E-state index contributed by atoms with van der Waals surface area (Å²) in [6.07, 6.45) is 1.45. The lowest BCUT2D eigenvalue weighted by atomic mass is 9.92. The fourth-order valence-electron chi connectivity index (χ4n) is 1.85. The average molecular weight is 222 g/mol. The van der Waals surface area contributed by atoms with Crippen LogP contribution in [0.3, 0.4) is 0 Å². The average Bonchev–Trinajstić information content (AvgIpc) is 2.35. The molecule has 1 aromatic rings. The predicted molar refractivity (Wildman–Crippen MR) is 66.2 cm³/mol. The molecule has 0 saturated heterocycles. The van der Waals surface area contributed by atoms with E-state index < -0.39 is 12.2 Å². The summed E-state index contributed by atoms with van der Waals surface area (Å²) in [4.78, 5) is 0. The molecule has 0 bridgehead atoms. The third-order valence-electron chi connectivity index (χ3n) is 3.20. The molecule has 0 aliphatic heterocycles. The van der Waals surface area contributed by atoms with Crippen molar-refractivity contribution in [3.8, 4) is 0 Å². The van der Waals surface area contributed by atoms with Gasteiger partial charge in [-0.2, -0.15) is 0 Å². The van der Waals surface area contributed by atoms with Crippen LogP contribution in [0, 0.1) is 5.92 Å². The molecule has 0 aromatic heterocycles. The van der Waals surface area contributed by atoms with Crippen LogP contribution < -0.4 is 0 Å². The van der Waals surface area contributed by atoms with Crippen LogP contribution in [0.4, 0.5) is 0 Å². The molecule has 2 nitrogen and oxygen atoms in total. The third-order valence-corrected chi connectivity index (χ3v) is 3.20. The molecule has 1 rings (SSSR count). The van der Waals surface area contributed by atoms with Crippen LogP contribution in [-0.4, -0.2) is 22.4 Å². The molecule has 0 heterocycles. The number of hydrogen-bond donors (Lipinski definition) is 2. The number of hydrogen-bond acceptors (Lipinski definition) is 2. The predicted octanol–water partition coefficient (Wildman–Crippen LogP) is 2.39. The number of aryl methyl sites for hydroxylation is 1. The lowest BCUT2D eigenvalue weighted by molar-refractivity contribution is 0.0164. The monoisotopic (exact) mass is 222 g/mol. The second-order valence-corrected chi connectivity index (χ2v) is 4.43. The van der Waals surface area contributed by atoms with Crippen molar-refractivity contribution < 1.29 is 10.2 Å². The molecular formula is C14H22O2. The molecule has 2 heteroatoms. The Bertz CT molecular complexity index is 284. The first-order valence-electron chi connectivity index (χ1n) is 6.05. The standard InChI is InChI=1S/C14H22O2/c1-3-13(15)11(2)14(16)10-9-12-7-5-4-6-8-12/h4-8,11,13-16H,3,9-10H2,1-2H3. The molecule has 0 saturated carbocycles. The van der Waals surface area contributed by atoms with E-state index in [0.717, 1.165) is 6.42 Å². The molecule has 0 amide bonds. The van der Waals surface area contributed by atoms with Gasteiger partial charge in [0.05, 0.1) is 12.2 Å². The van der Waals surface area contributed by atoms with Crippen LogP contribution in [0.1, 0.15) is 32.3 Å². The van der Waals surface area contributed by atoms with Gasteiger partial charge >= 0.3 is 0 Å². The van der Waals surface area contributed by atoms with Crippen molar-refractivity contribution in [2.24, 2.45) is 5.92 Å². The van der Waals surface area contributed by atoms with Gasteiger partial charge < -0.3 is 10.2 Å². The Morgan fingerprint density at radius 1 is 1.06 bits per heavy atom. The van der Waals surface area contributed by atoms with Crippen molar-refractivity contribution in [3.63, 3.8) is 0 Å².